The number of carbonyl (C=O) groups excluding carboxylic acids is 1. The molecule has 6 nitrogen and oxygen atoms in total. The van der Waals surface area contributed by atoms with Crippen LogP contribution in [0, 0.1) is 13.8 Å². The van der Waals surface area contributed by atoms with Crippen molar-refractivity contribution in [3.63, 3.8) is 0 Å². The Morgan fingerprint density at radius 3 is 2.67 bits per heavy atom. The molecule has 1 amide bonds. The standard InChI is InChI=1S/C21H23N3O3/c1-5-27-23-21(25)20-13-18(16-7-6-8-17(12-16)26-4)22-24(20)19-10-9-14(2)11-15(19)3/h6-13H,5H2,1-4H3,(H,23,25). The maximum atomic E-state index is 12.6. The van der Waals surface area contributed by atoms with E-state index in [1.165, 1.54) is 0 Å². The first kappa shape index (κ1) is 18.7. The van der Waals surface area contributed by atoms with E-state index in [1.54, 1.807) is 17.9 Å². The van der Waals surface area contributed by atoms with Crippen molar-refractivity contribution in [3.8, 4) is 22.7 Å². The molecule has 0 unspecified atom stereocenters. The van der Waals surface area contributed by atoms with Crippen LogP contribution in [0.3, 0.4) is 0 Å². The fourth-order valence-electron chi connectivity index (χ4n) is 2.88. The molecule has 6 heteroatoms. The number of amides is 1. The largest absolute Gasteiger partial charge is 0.497 e. The van der Waals surface area contributed by atoms with Gasteiger partial charge in [-0.25, -0.2) is 10.2 Å². The highest BCUT2D eigenvalue weighted by molar-refractivity contribution is 5.93. The van der Waals surface area contributed by atoms with E-state index in [2.05, 4.69) is 11.5 Å². The lowest BCUT2D eigenvalue weighted by Crippen LogP contribution is -2.26. The molecule has 0 atom stereocenters. The van der Waals surface area contributed by atoms with Gasteiger partial charge < -0.3 is 4.74 Å². The van der Waals surface area contributed by atoms with Crippen LogP contribution in [0.4, 0.5) is 0 Å². The topological polar surface area (TPSA) is 65.4 Å². The predicted octanol–water partition coefficient (Wildman–Crippen LogP) is 3.85. The molecule has 3 rings (SSSR count). The van der Waals surface area contributed by atoms with E-state index < -0.39 is 0 Å². The number of benzene rings is 2. The Balaban J connectivity index is 2.12. The molecule has 140 valence electrons. The van der Waals surface area contributed by atoms with Crippen LogP contribution in [0.2, 0.25) is 0 Å². The Bertz CT molecular complexity index is 963. The van der Waals surface area contributed by atoms with Crippen molar-refractivity contribution < 1.29 is 14.4 Å². The second-order valence-corrected chi connectivity index (χ2v) is 6.21. The van der Waals surface area contributed by atoms with Gasteiger partial charge in [-0.1, -0.05) is 29.8 Å². The Hall–Kier alpha value is -3.12. The van der Waals surface area contributed by atoms with Gasteiger partial charge >= 0.3 is 0 Å². The average Bonchev–Trinajstić information content (AvgIpc) is 3.11. The number of aryl methyl sites for hydroxylation is 2. The normalized spacial score (nSPS) is 10.7. The van der Waals surface area contributed by atoms with E-state index in [0.717, 1.165) is 28.1 Å². The summed E-state index contributed by atoms with van der Waals surface area (Å²) in [6, 6.07) is 15.4. The first-order chi connectivity index (χ1) is 13.0. The highest BCUT2D eigenvalue weighted by Gasteiger charge is 2.19. The fourth-order valence-corrected chi connectivity index (χ4v) is 2.88. The Labute approximate surface area is 158 Å². The number of hydrogen-bond acceptors (Lipinski definition) is 4. The van der Waals surface area contributed by atoms with Gasteiger partial charge in [0, 0.05) is 5.56 Å². The first-order valence-electron chi connectivity index (χ1n) is 8.77. The summed E-state index contributed by atoms with van der Waals surface area (Å²) in [7, 11) is 1.62. The molecule has 27 heavy (non-hydrogen) atoms. The number of carbonyl (C=O) groups is 1. The van der Waals surface area contributed by atoms with Crippen molar-refractivity contribution in [1.29, 1.82) is 0 Å². The predicted molar refractivity (Wildman–Crippen MR) is 104 cm³/mol. The number of methoxy groups -OCH3 is 1. The molecule has 0 bridgehead atoms. The highest BCUT2D eigenvalue weighted by Crippen LogP contribution is 2.26. The molecule has 1 N–H and O–H groups in total. The van der Waals surface area contributed by atoms with Crippen LogP contribution < -0.4 is 10.2 Å². The molecule has 0 aliphatic rings. The molecule has 0 aliphatic carbocycles. The maximum Gasteiger partial charge on any atom is 0.293 e. The zero-order valence-corrected chi connectivity index (χ0v) is 15.9. The highest BCUT2D eigenvalue weighted by atomic mass is 16.6. The van der Waals surface area contributed by atoms with Crippen molar-refractivity contribution in [2.75, 3.05) is 13.7 Å². The van der Waals surface area contributed by atoms with Crippen molar-refractivity contribution in [2.24, 2.45) is 0 Å². The van der Waals surface area contributed by atoms with Crippen molar-refractivity contribution in [1.82, 2.24) is 15.3 Å². The maximum absolute atomic E-state index is 12.6. The second kappa shape index (κ2) is 8.05. The van der Waals surface area contributed by atoms with Gasteiger partial charge in [0.25, 0.3) is 5.91 Å². The lowest BCUT2D eigenvalue weighted by molar-refractivity contribution is 0.0357. The first-order valence-corrected chi connectivity index (χ1v) is 8.77. The fraction of sp³-hybridized carbons (Fsp3) is 0.238. The zero-order chi connectivity index (χ0) is 19.4. The lowest BCUT2D eigenvalue weighted by atomic mass is 10.1. The number of rotatable bonds is 6. The van der Waals surface area contributed by atoms with E-state index in [9.17, 15) is 4.79 Å². The summed E-state index contributed by atoms with van der Waals surface area (Å²) in [5.74, 6) is 0.382. The van der Waals surface area contributed by atoms with Crippen LogP contribution >= 0.6 is 0 Å². The molecule has 0 saturated carbocycles. The van der Waals surface area contributed by atoms with Gasteiger partial charge in [-0.3, -0.25) is 9.63 Å². The Morgan fingerprint density at radius 1 is 1.15 bits per heavy atom. The molecule has 1 aromatic heterocycles. The minimum Gasteiger partial charge on any atom is -0.497 e. The van der Waals surface area contributed by atoms with Gasteiger partial charge in [0.1, 0.15) is 11.4 Å². The molecule has 0 spiro atoms. The molecule has 0 fully saturated rings. The summed E-state index contributed by atoms with van der Waals surface area (Å²) in [4.78, 5) is 17.7. The summed E-state index contributed by atoms with van der Waals surface area (Å²) in [6.45, 7) is 6.22. The minimum absolute atomic E-state index is 0.349. The van der Waals surface area contributed by atoms with Crippen LogP contribution in [0.1, 0.15) is 28.5 Å². The zero-order valence-electron chi connectivity index (χ0n) is 15.9. The molecule has 1 heterocycles. The van der Waals surface area contributed by atoms with E-state index >= 15 is 0 Å². The summed E-state index contributed by atoms with van der Waals surface area (Å²) >= 11 is 0. The van der Waals surface area contributed by atoms with Gasteiger partial charge in [-0.2, -0.15) is 5.10 Å². The van der Waals surface area contributed by atoms with Crippen LogP contribution in [-0.4, -0.2) is 29.4 Å². The van der Waals surface area contributed by atoms with E-state index in [-0.39, 0.29) is 5.91 Å². The Kier molecular flexibility index (Phi) is 5.57. The summed E-state index contributed by atoms with van der Waals surface area (Å²) in [5.41, 5.74) is 7.41. The summed E-state index contributed by atoms with van der Waals surface area (Å²) in [5, 5.41) is 4.69. The summed E-state index contributed by atoms with van der Waals surface area (Å²) in [6.07, 6.45) is 0. The smallest absolute Gasteiger partial charge is 0.293 e. The number of hydroxylamine groups is 1. The number of nitrogens with one attached hydrogen (secondary N) is 1. The molecule has 0 aliphatic heterocycles. The minimum atomic E-state index is -0.349. The van der Waals surface area contributed by atoms with E-state index in [1.807, 2.05) is 57.2 Å². The molecule has 0 saturated heterocycles. The monoisotopic (exact) mass is 365 g/mol. The van der Waals surface area contributed by atoms with Gasteiger partial charge in [0.05, 0.1) is 25.1 Å². The van der Waals surface area contributed by atoms with Gasteiger partial charge in [0.15, 0.2) is 0 Å². The van der Waals surface area contributed by atoms with Gasteiger partial charge in [-0.15, -0.1) is 0 Å². The number of aromatic nitrogens is 2. The molecule has 2 aromatic carbocycles. The van der Waals surface area contributed by atoms with Gasteiger partial charge in [0.2, 0.25) is 0 Å². The van der Waals surface area contributed by atoms with Gasteiger partial charge in [-0.05, 0) is 50.6 Å². The third kappa shape index (κ3) is 4.01. The second-order valence-electron chi connectivity index (χ2n) is 6.21. The third-order valence-electron chi connectivity index (χ3n) is 4.20. The summed E-state index contributed by atoms with van der Waals surface area (Å²) < 4.78 is 6.95. The number of hydrogen-bond donors (Lipinski definition) is 1. The SMILES string of the molecule is CCONC(=O)c1cc(-c2cccc(OC)c2)nn1-c1ccc(C)cc1C. The lowest BCUT2D eigenvalue weighted by Gasteiger charge is -2.11. The van der Waals surface area contributed by atoms with Crippen molar-refractivity contribution in [3.05, 3.63) is 65.4 Å². The molecule has 0 radical (unpaired) electrons. The quantitative estimate of drug-likeness (QED) is 0.674. The third-order valence-corrected chi connectivity index (χ3v) is 4.20. The Morgan fingerprint density at radius 2 is 1.96 bits per heavy atom. The van der Waals surface area contributed by atoms with Crippen molar-refractivity contribution >= 4 is 5.91 Å². The van der Waals surface area contributed by atoms with Crippen LogP contribution in [0.5, 0.6) is 5.75 Å². The van der Waals surface area contributed by atoms with E-state index in [0.29, 0.717) is 18.0 Å². The van der Waals surface area contributed by atoms with Crippen LogP contribution in [0.15, 0.2) is 48.5 Å². The van der Waals surface area contributed by atoms with Crippen molar-refractivity contribution in [2.45, 2.75) is 20.8 Å². The number of nitrogens with zero attached hydrogens (tertiary/aromatic N) is 2. The molecule has 3 aromatic rings. The molecular weight excluding hydrogens is 342 g/mol. The average molecular weight is 365 g/mol. The van der Waals surface area contributed by atoms with E-state index in [4.69, 9.17) is 14.7 Å². The number of ether oxygens (including phenoxy) is 1. The van der Waals surface area contributed by atoms with Crippen LogP contribution in [0.25, 0.3) is 16.9 Å². The molecular formula is C21H23N3O3. The van der Waals surface area contributed by atoms with Crippen LogP contribution in [-0.2, 0) is 4.84 Å².